The van der Waals surface area contributed by atoms with Gasteiger partial charge >= 0.3 is 5.97 Å². The van der Waals surface area contributed by atoms with Gasteiger partial charge in [0, 0.05) is 109 Å². The summed E-state index contributed by atoms with van der Waals surface area (Å²) in [6.07, 6.45) is 4.56. The number of esters is 1. The maximum Gasteiger partial charge on any atom is 0.324 e. The number of benzene rings is 1. The van der Waals surface area contributed by atoms with E-state index in [1.54, 1.807) is 25.3 Å². The van der Waals surface area contributed by atoms with Crippen LogP contribution in [0.3, 0.4) is 0 Å². The molecule has 4 amide bonds. The Bertz CT molecular complexity index is 2790. The molecule has 16 nitrogen and oxygen atoms in total. The van der Waals surface area contributed by atoms with Gasteiger partial charge in [0.2, 0.25) is 11.8 Å². The normalized spacial score (nSPS) is 22.6. The van der Waals surface area contributed by atoms with Crippen LogP contribution < -0.4 is 10.7 Å². The average molecular weight is 1020 g/mol. The minimum Gasteiger partial charge on any atom is -0.464 e. The van der Waals surface area contributed by atoms with E-state index in [0.29, 0.717) is 51.0 Å². The fourth-order valence-electron chi connectivity index (χ4n) is 10.6. The van der Waals surface area contributed by atoms with Crippen LogP contribution >= 0.6 is 11.3 Å². The molecule has 7 heterocycles. The first kappa shape index (κ1) is 52.9. The van der Waals surface area contributed by atoms with E-state index in [1.165, 1.54) is 21.2 Å². The molecular weight excluding hydrogens is 947 g/mol. The van der Waals surface area contributed by atoms with Crippen molar-refractivity contribution >= 4 is 62.1 Å². The van der Waals surface area contributed by atoms with E-state index in [1.807, 2.05) is 46.1 Å². The lowest BCUT2D eigenvalue weighted by Gasteiger charge is -2.41. The summed E-state index contributed by atoms with van der Waals surface area (Å²) in [5.41, 5.74) is 8.67. The number of fused-ring (bicyclic) bond motifs is 6. The number of likely N-dealkylation sites (N-methyl/N-ethyl adjacent to an activating group) is 1. The molecule has 1 unspecified atom stereocenters. The highest BCUT2D eigenvalue weighted by atomic mass is 32.1. The van der Waals surface area contributed by atoms with Gasteiger partial charge in [-0.1, -0.05) is 33.6 Å². The Balaban J connectivity index is 1.10. The lowest BCUT2D eigenvalue weighted by atomic mass is 9.84. The van der Waals surface area contributed by atoms with Crippen molar-refractivity contribution in [2.75, 3.05) is 53.5 Å². The molecule has 4 aliphatic heterocycles. The Morgan fingerprint density at radius 2 is 1.88 bits per heavy atom. The molecule has 4 aliphatic rings. The zero-order valence-corrected chi connectivity index (χ0v) is 45.3. The molecule has 3 radical (unpaired) electrons. The van der Waals surface area contributed by atoms with E-state index < -0.39 is 51.9 Å². The van der Waals surface area contributed by atoms with Crippen molar-refractivity contribution in [3.05, 3.63) is 58.9 Å². The summed E-state index contributed by atoms with van der Waals surface area (Å²) in [6, 6.07) is 7.51. The van der Waals surface area contributed by atoms with Crippen LogP contribution in [-0.4, -0.2) is 151 Å². The second kappa shape index (κ2) is 21.2. The van der Waals surface area contributed by atoms with Crippen LogP contribution in [-0.2, 0) is 52.8 Å². The minimum absolute atomic E-state index is 0.0467. The van der Waals surface area contributed by atoms with Crippen LogP contribution in [0, 0.1) is 23.2 Å². The number of hydrazine groups is 1. The number of aromatic nitrogens is 3. The second-order valence-corrected chi connectivity index (χ2v) is 23.4. The molecule has 4 aromatic rings. The fraction of sp³-hybridized carbons (Fsp3) is 0.574. The van der Waals surface area contributed by atoms with Crippen molar-refractivity contribution in [1.29, 1.82) is 0 Å². The minimum atomic E-state index is -1.15. The molecule has 1 aromatic carbocycles. The fourth-order valence-corrected chi connectivity index (χ4v) is 11.9. The smallest absolute Gasteiger partial charge is 0.324 e. The average Bonchev–Trinajstić information content (AvgIpc) is 4.06. The number of methoxy groups -OCH3 is 1. The number of pyridine rings is 1. The molecule has 0 spiro atoms. The number of ether oxygens (including phenoxy) is 2. The van der Waals surface area contributed by atoms with Crippen molar-refractivity contribution in [2.24, 2.45) is 11.3 Å². The number of rotatable bonds is 10. The molecule has 8 rings (SSSR count). The van der Waals surface area contributed by atoms with Crippen molar-refractivity contribution in [2.45, 2.75) is 135 Å². The Morgan fingerprint density at radius 1 is 1.11 bits per heavy atom. The van der Waals surface area contributed by atoms with Crippen molar-refractivity contribution in [3.63, 3.8) is 0 Å². The summed E-state index contributed by atoms with van der Waals surface area (Å²) in [7, 11) is 7.05. The summed E-state index contributed by atoms with van der Waals surface area (Å²) in [5.74, 6) is 3.47. The predicted octanol–water partition coefficient (Wildman–Crippen LogP) is 5.73. The van der Waals surface area contributed by atoms with Crippen LogP contribution in [0.25, 0.3) is 32.7 Å². The van der Waals surface area contributed by atoms with Gasteiger partial charge < -0.3 is 29.2 Å². The van der Waals surface area contributed by atoms with Gasteiger partial charge in [0.15, 0.2) is 0 Å². The van der Waals surface area contributed by atoms with Crippen molar-refractivity contribution in [3.8, 4) is 33.7 Å². The van der Waals surface area contributed by atoms with Gasteiger partial charge in [-0.15, -0.1) is 11.3 Å². The molecule has 0 aliphatic carbocycles. The van der Waals surface area contributed by atoms with Gasteiger partial charge in [0.1, 0.15) is 23.1 Å². The summed E-state index contributed by atoms with van der Waals surface area (Å²) in [4.78, 5) is 86.4. The number of amides is 4. The molecular formula is C54H70N9O7SSi. The van der Waals surface area contributed by atoms with E-state index in [4.69, 9.17) is 19.4 Å². The van der Waals surface area contributed by atoms with E-state index in [-0.39, 0.29) is 43.4 Å². The molecule has 6 bridgehead atoms. The van der Waals surface area contributed by atoms with E-state index in [9.17, 15) is 24.0 Å². The van der Waals surface area contributed by atoms with Crippen LogP contribution in [0.15, 0.2) is 41.9 Å². The number of thiazole rings is 1. The molecule has 5 atom stereocenters. The van der Waals surface area contributed by atoms with Crippen molar-refractivity contribution in [1.82, 2.24) is 45.0 Å². The van der Waals surface area contributed by atoms with Gasteiger partial charge in [0.25, 0.3) is 11.8 Å². The quantitative estimate of drug-likeness (QED) is 0.113. The van der Waals surface area contributed by atoms with Gasteiger partial charge in [0.05, 0.1) is 40.4 Å². The number of carbonyl (C=O) groups is 5. The Hall–Kier alpha value is -5.45. The zero-order valence-electron chi connectivity index (χ0n) is 43.5. The number of nitrogens with one attached hydrogen (secondary N) is 2. The Labute approximate surface area is 431 Å². The number of carbonyl (C=O) groups excluding carboxylic acids is 5. The first-order valence-electron chi connectivity index (χ1n) is 25.4. The molecule has 3 fully saturated rings. The van der Waals surface area contributed by atoms with Crippen LogP contribution in [0.1, 0.15) is 104 Å². The number of cyclic esters (lactones) is 1. The van der Waals surface area contributed by atoms with Crippen LogP contribution in [0.5, 0.6) is 0 Å². The first-order chi connectivity index (χ1) is 34.1. The standard InChI is InChI=1S/C54H70N9O7SSi/c1-11-62-42-18-17-35-27-38(42)39(46(62)37-15-12-22-55-44(37)34(4)69-10)29-52(5,6)32-70-50(67)40-16-13-25-63(58-40)49(66)41(28-36-30-71-48(35)56-36)57-47(65)45(33(2)3)59(9)51(68)54(72)21-26-60(31-54)43(64)19-20-53(7,8)61-23-14-24-61/h12,15,17-18,22,27,30,33-34,40-41,45,58H,11,13-14,16,21,23-26,28-29,31-32H2,1-10H3,(H,57,65)/t34-,40-,41-,45-,54?/m0/s1. The summed E-state index contributed by atoms with van der Waals surface area (Å²) < 4.78 is 14.3. The number of aryl methyl sites for hydroxylation is 1. The third kappa shape index (κ3) is 10.8. The molecule has 0 saturated carbocycles. The third-order valence-electron chi connectivity index (χ3n) is 14.9. The maximum absolute atomic E-state index is 14.8. The van der Waals surface area contributed by atoms with E-state index in [0.717, 1.165) is 63.5 Å². The second-order valence-electron chi connectivity index (χ2n) is 21.6. The lowest BCUT2D eigenvalue weighted by molar-refractivity contribution is -0.155. The lowest BCUT2D eigenvalue weighted by Crippen LogP contribution is -2.62. The highest BCUT2D eigenvalue weighted by Crippen LogP contribution is 2.43. The zero-order chi connectivity index (χ0) is 51.9. The molecule has 72 heavy (non-hydrogen) atoms. The summed E-state index contributed by atoms with van der Waals surface area (Å²) in [6.45, 7) is 19.4. The number of hydrogen-bond donors (Lipinski definition) is 2. The third-order valence-corrected chi connectivity index (χ3v) is 16.4. The summed E-state index contributed by atoms with van der Waals surface area (Å²) >= 11 is 1.46. The Kier molecular flexibility index (Phi) is 15.5. The number of nitrogens with zero attached hydrogens (tertiary/aromatic N) is 7. The molecule has 383 valence electrons. The maximum atomic E-state index is 14.8. The largest absolute Gasteiger partial charge is 0.464 e. The van der Waals surface area contributed by atoms with E-state index in [2.05, 4.69) is 87.3 Å². The van der Waals surface area contributed by atoms with E-state index >= 15 is 0 Å². The molecule has 3 aromatic heterocycles. The highest BCUT2D eigenvalue weighted by molar-refractivity contribution is 7.13. The molecule has 3 saturated heterocycles. The van der Waals surface area contributed by atoms with Crippen LogP contribution in [0.2, 0.25) is 5.04 Å². The highest BCUT2D eigenvalue weighted by Gasteiger charge is 2.47. The van der Waals surface area contributed by atoms with Crippen molar-refractivity contribution < 1.29 is 33.4 Å². The van der Waals surface area contributed by atoms with Gasteiger partial charge in [-0.25, -0.2) is 10.4 Å². The van der Waals surface area contributed by atoms with Gasteiger partial charge in [-0.3, -0.25) is 38.9 Å². The monoisotopic (exact) mass is 1020 g/mol. The molecule has 18 heteroatoms. The molecule has 2 N–H and O–H groups in total. The summed E-state index contributed by atoms with van der Waals surface area (Å²) in [5, 5.41) is 7.02. The Morgan fingerprint density at radius 3 is 2.57 bits per heavy atom. The topological polar surface area (TPSA) is 172 Å². The number of likely N-dealkylation sites (tertiary alicyclic amines) is 2. The predicted molar refractivity (Wildman–Crippen MR) is 278 cm³/mol. The van der Waals surface area contributed by atoms with Crippen LogP contribution in [0.4, 0.5) is 0 Å². The van der Waals surface area contributed by atoms with Gasteiger partial charge in [-0.2, -0.15) is 0 Å². The van der Waals surface area contributed by atoms with Gasteiger partial charge in [-0.05, 0) is 108 Å². The SMILES string of the molecule is CCn1c(-c2cccnc2[C@H](C)OC)c2c3cc(ccc31)-c1nc(cs1)C[C@H](NC(=O)[C@H](C(C)C)N(C)C(=O)C1([Si])CCN(C(=O)C#CC(C)(C)N3CCC3)C1)C(=O)N1CCC[C@H](N1)C(=O)OCC(C)(C)C2. The number of hydrogen-bond acceptors (Lipinski definition) is 12. The first-order valence-corrected chi connectivity index (χ1v) is 26.7.